The Kier molecular flexibility index (Phi) is 6.06. The standard InChI is InChI=1S/C45H28N4/c1-4-12-38-34(9-1)35-10-2-5-13-39(35)45(38)40-14-6-3-11-36(40)37-20-19-32(26-41(37)45)44-48-42(27-43(49-44)33-8-7-23-47-28-33)31-17-15-29(16-18-31)30-21-24-46-25-22-30/h1-28H. The van der Waals surface area contributed by atoms with Crippen LogP contribution in [-0.2, 0) is 5.41 Å². The molecular formula is C45H28N4. The van der Waals surface area contributed by atoms with Crippen LogP contribution in [0.25, 0.3) is 67.3 Å². The number of aromatic nitrogens is 4. The van der Waals surface area contributed by atoms with E-state index in [-0.39, 0.29) is 0 Å². The van der Waals surface area contributed by atoms with Crippen LogP contribution in [0.4, 0.5) is 0 Å². The fraction of sp³-hybridized carbons (Fsp3) is 0.0222. The normalized spacial score (nSPS) is 13.1. The molecule has 4 nitrogen and oxygen atoms in total. The number of hydrogen-bond acceptors (Lipinski definition) is 4. The van der Waals surface area contributed by atoms with Crippen LogP contribution in [0.3, 0.4) is 0 Å². The highest BCUT2D eigenvalue weighted by Gasteiger charge is 2.51. The first kappa shape index (κ1) is 27.6. The molecule has 8 aromatic rings. The van der Waals surface area contributed by atoms with E-state index in [0.717, 1.165) is 39.2 Å². The van der Waals surface area contributed by atoms with Gasteiger partial charge in [-0.1, -0.05) is 109 Å². The van der Waals surface area contributed by atoms with Crippen LogP contribution >= 0.6 is 0 Å². The maximum absolute atomic E-state index is 5.24. The van der Waals surface area contributed by atoms with Crippen molar-refractivity contribution in [2.45, 2.75) is 5.41 Å². The van der Waals surface area contributed by atoms with Crippen LogP contribution in [0.15, 0.2) is 170 Å². The summed E-state index contributed by atoms with van der Waals surface area (Å²) in [6.07, 6.45) is 7.30. The largest absolute Gasteiger partial charge is 0.265 e. The molecule has 0 saturated carbocycles. The van der Waals surface area contributed by atoms with Crippen LogP contribution in [0.1, 0.15) is 22.3 Å². The Morgan fingerprint density at radius 2 is 0.878 bits per heavy atom. The van der Waals surface area contributed by atoms with Crippen molar-refractivity contribution in [3.8, 4) is 67.3 Å². The van der Waals surface area contributed by atoms with Crippen molar-refractivity contribution >= 4 is 0 Å². The van der Waals surface area contributed by atoms with E-state index in [9.17, 15) is 0 Å². The molecule has 0 atom stereocenters. The van der Waals surface area contributed by atoms with Crippen molar-refractivity contribution in [1.29, 1.82) is 0 Å². The summed E-state index contributed by atoms with van der Waals surface area (Å²) < 4.78 is 0. The molecule has 1 spiro atoms. The fourth-order valence-corrected chi connectivity index (χ4v) is 8.00. The maximum Gasteiger partial charge on any atom is 0.160 e. The Labute approximate surface area is 284 Å². The fourth-order valence-electron chi connectivity index (χ4n) is 8.00. The highest BCUT2D eigenvalue weighted by molar-refractivity contribution is 5.95. The van der Waals surface area contributed by atoms with E-state index in [1.807, 2.05) is 36.8 Å². The molecule has 0 bridgehead atoms. The van der Waals surface area contributed by atoms with Gasteiger partial charge in [-0.05, 0) is 92.0 Å². The highest BCUT2D eigenvalue weighted by Crippen LogP contribution is 2.62. The third-order valence-corrected chi connectivity index (χ3v) is 10.1. The molecule has 49 heavy (non-hydrogen) atoms. The minimum absolute atomic E-state index is 0.429. The Hall–Kier alpha value is -6.52. The summed E-state index contributed by atoms with van der Waals surface area (Å²) in [5, 5.41) is 0. The lowest BCUT2D eigenvalue weighted by Gasteiger charge is -2.30. The zero-order valence-electron chi connectivity index (χ0n) is 26.5. The third kappa shape index (κ3) is 4.11. The van der Waals surface area contributed by atoms with E-state index < -0.39 is 5.41 Å². The van der Waals surface area contributed by atoms with Crippen LogP contribution < -0.4 is 0 Å². The molecule has 0 N–H and O–H groups in total. The van der Waals surface area contributed by atoms with Gasteiger partial charge in [0.05, 0.1) is 16.8 Å². The Bertz CT molecular complexity index is 2480. The molecule has 0 amide bonds. The first-order chi connectivity index (χ1) is 24.3. The summed E-state index contributed by atoms with van der Waals surface area (Å²) in [6, 6.07) is 52.1. The summed E-state index contributed by atoms with van der Waals surface area (Å²) in [5.74, 6) is 0.683. The molecule has 5 aromatic carbocycles. The second kappa shape index (κ2) is 10.8. The Morgan fingerprint density at radius 1 is 0.347 bits per heavy atom. The Morgan fingerprint density at radius 3 is 1.49 bits per heavy atom. The van der Waals surface area contributed by atoms with Crippen LogP contribution in [-0.4, -0.2) is 19.9 Å². The second-order valence-electron chi connectivity index (χ2n) is 12.7. The molecule has 0 radical (unpaired) electrons. The topological polar surface area (TPSA) is 51.6 Å². The molecule has 2 aliphatic rings. The predicted octanol–water partition coefficient (Wildman–Crippen LogP) is 10.3. The lowest BCUT2D eigenvalue weighted by Crippen LogP contribution is -2.25. The van der Waals surface area contributed by atoms with Gasteiger partial charge in [0.25, 0.3) is 0 Å². The molecule has 0 aliphatic heterocycles. The lowest BCUT2D eigenvalue weighted by atomic mass is 9.70. The zero-order chi connectivity index (χ0) is 32.4. The van der Waals surface area contributed by atoms with Crippen molar-refractivity contribution in [3.05, 3.63) is 193 Å². The van der Waals surface area contributed by atoms with Gasteiger partial charge in [-0.2, -0.15) is 0 Å². The van der Waals surface area contributed by atoms with Gasteiger partial charge in [0.15, 0.2) is 5.82 Å². The zero-order valence-corrected chi connectivity index (χ0v) is 26.5. The van der Waals surface area contributed by atoms with E-state index in [4.69, 9.17) is 9.97 Å². The molecule has 3 aromatic heterocycles. The first-order valence-electron chi connectivity index (χ1n) is 16.5. The van der Waals surface area contributed by atoms with Crippen LogP contribution in [0.2, 0.25) is 0 Å². The van der Waals surface area contributed by atoms with Crippen molar-refractivity contribution in [3.63, 3.8) is 0 Å². The molecule has 10 rings (SSSR count). The number of pyridine rings is 2. The molecule has 0 unspecified atom stereocenters. The first-order valence-corrected chi connectivity index (χ1v) is 16.5. The quantitative estimate of drug-likeness (QED) is 0.196. The van der Waals surface area contributed by atoms with Gasteiger partial charge in [0.1, 0.15) is 0 Å². The third-order valence-electron chi connectivity index (χ3n) is 10.1. The second-order valence-corrected chi connectivity index (χ2v) is 12.7. The van der Waals surface area contributed by atoms with Crippen molar-refractivity contribution in [1.82, 2.24) is 19.9 Å². The van der Waals surface area contributed by atoms with Crippen molar-refractivity contribution < 1.29 is 0 Å². The van der Waals surface area contributed by atoms with Gasteiger partial charge < -0.3 is 0 Å². The Balaban J connectivity index is 1.18. The van der Waals surface area contributed by atoms with Crippen LogP contribution in [0, 0.1) is 0 Å². The molecule has 4 heteroatoms. The van der Waals surface area contributed by atoms with E-state index in [1.165, 1.54) is 44.5 Å². The van der Waals surface area contributed by atoms with E-state index >= 15 is 0 Å². The number of hydrogen-bond donors (Lipinski definition) is 0. The van der Waals surface area contributed by atoms with Gasteiger partial charge in [-0.15, -0.1) is 0 Å². The lowest BCUT2D eigenvalue weighted by molar-refractivity contribution is 0.794. The molecule has 0 saturated heterocycles. The molecule has 3 heterocycles. The minimum Gasteiger partial charge on any atom is -0.265 e. The van der Waals surface area contributed by atoms with E-state index in [0.29, 0.717) is 5.82 Å². The average Bonchev–Trinajstić information content (AvgIpc) is 3.66. The van der Waals surface area contributed by atoms with Gasteiger partial charge in [0.2, 0.25) is 0 Å². The molecule has 2 aliphatic carbocycles. The van der Waals surface area contributed by atoms with Crippen molar-refractivity contribution in [2.24, 2.45) is 0 Å². The minimum atomic E-state index is -0.429. The molecule has 228 valence electrons. The SMILES string of the molecule is c1cncc(-c2cc(-c3ccc(-c4ccncc4)cc3)nc(-c3ccc4c(c3)C3(c5ccccc5-c5ccccc53)c3ccccc3-4)n2)c1. The summed E-state index contributed by atoms with van der Waals surface area (Å²) in [6.45, 7) is 0. The van der Waals surface area contributed by atoms with Crippen LogP contribution in [0.5, 0.6) is 0 Å². The molecule has 0 fully saturated rings. The van der Waals surface area contributed by atoms with E-state index in [2.05, 4.69) is 137 Å². The summed E-state index contributed by atoms with van der Waals surface area (Å²) in [4.78, 5) is 19.0. The smallest absolute Gasteiger partial charge is 0.160 e. The number of fused-ring (bicyclic) bond motifs is 10. The van der Waals surface area contributed by atoms with Gasteiger partial charge >= 0.3 is 0 Å². The maximum atomic E-state index is 5.24. The van der Waals surface area contributed by atoms with Gasteiger partial charge in [-0.3, -0.25) is 9.97 Å². The monoisotopic (exact) mass is 624 g/mol. The van der Waals surface area contributed by atoms with Gasteiger partial charge in [-0.25, -0.2) is 9.97 Å². The van der Waals surface area contributed by atoms with E-state index in [1.54, 1.807) is 6.20 Å². The summed E-state index contributed by atoms with van der Waals surface area (Å²) >= 11 is 0. The summed E-state index contributed by atoms with van der Waals surface area (Å²) in [7, 11) is 0. The predicted molar refractivity (Wildman–Crippen MR) is 196 cm³/mol. The average molecular weight is 625 g/mol. The number of rotatable bonds is 4. The van der Waals surface area contributed by atoms with Crippen molar-refractivity contribution in [2.75, 3.05) is 0 Å². The summed E-state index contributed by atoms with van der Waals surface area (Å²) in [5.41, 5.74) is 16.8. The number of benzene rings is 5. The molecular weight excluding hydrogens is 597 g/mol. The highest BCUT2D eigenvalue weighted by atomic mass is 14.9. The number of nitrogens with zero attached hydrogens (tertiary/aromatic N) is 4. The van der Waals surface area contributed by atoms with Gasteiger partial charge in [0, 0.05) is 41.5 Å².